The normalized spacial score (nSPS) is 14.4. The molecule has 52 heavy (non-hydrogen) atoms. The largest absolute Gasteiger partial charge is 0.452 e. The standard InChI is InChI=1S/C46H28N4O2/c1-27-15-17-29(18-16-27)45-47-44(28-9-3-2-4-10-28)48-46(49-45)30-19-21-34-36-23-24-37-35-22-20-31(26-41(35)52-43(37)42(36)51-40(34)25-30)50-38-13-7-5-11-32(38)33-12-6-8-14-39(33)50/h2-26H,1H3/i2D,3D,4D,9D,10D,15D,16D,17D,18D. The van der Waals surface area contributed by atoms with E-state index < -0.39 is 42.3 Å². The molecule has 0 aliphatic heterocycles. The Morgan fingerprint density at radius 1 is 0.481 bits per heavy atom. The molecule has 0 spiro atoms. The first-order valence-corrected chi connectivity index (χ1v) is 16.6. The van der Waals surface area contributed by atoms with Crippen LogP contribution in [0.4, 0.5) is 0 Å². The van der Waals surface area contributed by atoms with Gasteiger partial charge >= 0.3 is 0 Å². The highest BCUT2D eigenvalue weighted by atomic mass is 16.4. The predicted octanol–water partition coefficient (Wildman–Crippen LogP) is 12.1. The van der Waals surface area contributed by atoms with Gasteiger partial charge in [-0.05, 0) is 55.5 Å². The van der Waals surface area contributed by atoms with Crippen LogP contribution in [-0.2, 0) is 0 Å². The van der Waals surface area contributed by atoms with Crippen LogP contribution in [0, 0.1) is 6.92 Å². The topological polar surface area (TPSA) is 69.9 Å². The number of para-hydroxylation sites is 2. The number of hydrogen-bond acceptors (Lipinski definition) is 5. The van der Waals surface area contributed by atoms with Gasteiger partial charge in [-0.1, -0.05) is 102 Å². The average molecular weight is 678 g/mol. The molecule has 6 heteroatoms. The van der Waals surface area contributed by atoms with Gasteiger partial charge < -0.3 is 13.4 Å². The average Bonchev–Trinajstić information content (AvgIpc) is 3.95. The van der Waals surface area contributed by atoms with Gasteiger partial charge in [-0.15, -0.1) is 0 Å². The lowest BCUT2D eigenvalue weighted by atomic mass is 10.1. The van der Waals surface area contributed by atoms with Gasteiger partial charge in [0.05, 0.1) is 23.4 Å². The molecule has 6 nitrogen and oxygen atoms in total. The molecule has 0 bridgehead atoms. The molecule has 11 aromatic rings. The van der Waals surface area contributed by atoms with Crippen LogP contribution in [0.2, 0.25) is 0 Å². The van der Waals surface area contributed by atoms with Gasteiger partial charge in [0.25, 0.3) is 0 Å². The molecule has 0 N–H and O–H groups in total. The van der Waals surface area contributed by atoms with Gasteiger partial charge in [0.15, 0.2) is 28.6 Å². The van der Waals surface area contributed by atoms with E-state index in [1.807, 2.05) is 48.5 Å². The summed E-state index contributed by atoms with van der Waals surface area (Å²) in [5.74, 6) is -0.584. The molecule has 11 rings (SSSR count). The Labute approximate surface area is 309 Å². The van der Waals surface area contributed by atoms with E-state index in [4.69, 9.17) is 21.2 Å². The third-order valence-electron chi connectivity index (χ3n) is 9.49. The number of hydrogen-bond donors (Lipinski definition) is 0. The molecule has 4 aromatic heterocycles. The van der Waals surface area contributed by atoms with Gasteiger partial charge in [0.1, 0.15) is 11.2 Å². The minimum absolute atomic E-state index is 0.0157. The number of fused-ring (bicyclic) bond motifs is 10. The number of rotatable bonds is 4. The van der Waals surface area contributed by atoms with Crippen molar-refractivity contribution in [2.45, 2.75) is 6.92 Å². The zero-order valence-electron chi connectivity index (χ0n) is 36.3. The van der Waals surface area contributed by atoms with Gasteiger partial charge in [0.2, 0.25) is 0 Å². The number of furan rings is 2. The lowest BCUT2D eigenvalue weighted by molar-refractivity contribution is 0.633. The number of aromatic nitrogens is 4. The highest BCUT2D eigenvalue weighted by Crippen LogP contribution is 2.41. The quantitative estimate of drug-likeness (QED) is 0.185. The molecule has 0 radical (unpaired) electrons. The Morgan fingerprint density at radius 3 is 1.63 bits per heavy atom. The van der Waals surface area contributed by atoms with E-state index in [1.54, 1.807) is 12.1 Å². The van der Waals surface area contributed by atoms with E-state index in [2.05, 4.69) is 55.9 Å². The summed E-state index contributed by atoms with van der Waals surface area (Å²) in [5.41, 5.74) is 5.35. The molecule has 0 aliphatic rings. The summed E-state index contributed by atoms with van der Waals surface area (Å²) in [4.78, 5) is 13.6. The van der Waals surface area contributed by atoms with Crippen LogP contribution in [0.25, 0.3) is 106 Å². The number of benzene rings is 7. The van der Waals surface area contributed by atoms with Crippen molar-refractivity contribution in [3.63, 3.8) is 0 Å². The minimum atomic E-state index is -0.595. The fraction of sp³-hybridized carbons (Fsp3) is 0.0217. The lowest BCUT2D eigenvalue weighted by Crippen LogP contribution is -2.00. The molecule has 0 unspecified atom stereocenters. The van der Waals surface area contributed by atoms with Crippen molar-refractivity contribution in [2.75, 3.05) is 0 Å². The maximum atomic E-state index is 8.76. The highest BCUT2D eigenvalue weighted by Gasteiger charge is 2.19. The van der Waals surface area contributed by atoms with Crippen LogP contribution in [0.15, 0.2) is 160 Å². The van der Waals surface area contributed by atoms with Crippen LogP contribution < -0.4 is 0 Å². The molecular formula is C46H28N4O2. The van der Waals surface area contributed by atoms with Crippen molar-refractivity contribution in [3.8, 4) is 39.9 Å². The minimum Gasteiger partial charge on any atom is -0.452 e. The first-order chi connectivity index (χ1) is 29.4. The maximum Gasteiger partial charge on any atom is 0.178 e. The maximum absolute atomic E-state index is 8.76. The van der Waals surface area contributed by atoms with E-state index in [9.17, 15) is 0 Å². The Kier molecular flexibility index (Phi) is 4.48. The van der Waals surface area contributed by atoms with Gasteiger partial charge in [-0.2, -0.15) is 0 Å². The fourth-order valence-corrected chi connectivity index (χ4v) is 7.11. The second-order valence-electron chi connectivity index (χ2n) is 12.6. The third kappa shape index (κ3) is 4.34. The zero-order chi connectivity index (χ0) is 42.2. The van der Waals surface area contributed by atoms with Crippen LogP contribution in [0.3, 0.4) is 0 Å². The first kappa shape index (κ1) is 21.2. The molecule has 244 valence electrons. The Morgan fingerprint density at radius 2 is 1.00 bits per heavy atom. The van der Waals surface area contributed by atoms with Crippen molar-refractivity contribution in [1.29, 1.82) is 0 Å². The van der Waals surface area contributed by atoms with E-state index >= 15 is 0 Å². The van der Waals surface area contributed by atoms with E-state index in [0.717, 1.165) is 49.0 Å². The summed E-state index contributed by atoms with van der Waals surface area (Å²) in [6, 6.07) is 27.9. The Hall–Kier alpha value is -7.05. The Balaban J connectivity index is 1.09. The van der Waals surface area contributed by atoms with Crippen LogP contribution >= 0.6 is 0 Å². The van der Waals surface area contributed by atoms with Crippen LogP contribution in [0.1, 0.15) is 17.9 Å². The summed E-state index contributed by atoms with van der Waals surface area (Å²) in [6.07, 6.45) is 0. The molecule has 7 aromatic carbocycles. The van der Waals surface area contributed by atoms with Gasteiger partial charge in [0, 0.05) is 60.8 Å². The molecule has 0 atom stereocenters. The first-order valence-electron chi connectivity index (χ1n) is 21.1. The molecular weight excluding hydrogens is 641 g/mol. The summed E-state index contributed by atoms with van der Waals surface area (Å²) >= 11 is 0. The van der Waals surface area contributed by atoms with Crippen molar-refractivity contribution < 1.29 is 21.2 Å². The smallest absolute Gasteiger partial charge is 0.178 e. The van der Waals surface area contributed by atoms with Crippen molar-refractivity contribution in [1.82, 2.24) is 19.5 Å². The summed E-state index contributed by atoms with van der Waals surface area (Å²) in [6.45, 7) is 1.48. The second kappa shape index (κ2) is 11.0. The zero-order valence-corrected chi connectivity index (χ0v) is 27.3. The molecule has 0 aliphatic carbocycles. The predicted molar refractivity (Wildman–Crippen MR) is 210 cm³/mol. The lowest BCUT2D eigenvalue weighted by Gasteiger charge is -2.08. The number of nitrogens with zero attached hydrogens (tertiary/aromatic N) is 4. The Bertz CT molecular complexity index is 3540. The van der Waals surface area contributed by atoms with Crippen LogP contribution in [0.5, 0.6) is 0 Å². The molecule has 4 heterocycles. The summed E-state index contributed by atoms with van der Waals surface area (Å²) in [5, 5.41) is 5.68. The monoisotopic (exact) mass is 677 g/mol. The van der Waals surface area contributed by atoms with Crippen molar-refractivity contribution >= 4 is 65.7 Å². The molecule has 0 fully saturated rings. The van der Waals surface area contributed by atoms with Gasteiger partial charge in [-0.25, -0.2) is 15.0 Å². The highest BCUT2D eigenvalue weighted by molar-refractivity contribution is 6.19. The van der Waals surface area contributed by atoms with Gasteiger partial charge in [-0.3, -0.25) is 0 Å². The van der Waals surface area contributed by atoms with Crippen molar-refractivity contribution in [2.24, 2.45) is 0 Å². The van der Waals surface area contributed by atoms with E-state index in [-0.39, 0.29) is 46.2 Å². The second-order valence-corrected chi connectivity index (χ2v) is 12.6. The van der Waals surface area contributed by atoms with Crippen LogP contribution in [-0.4, -0.2) is 19.5 Å². The van der Waals surface area contributed by atoms with E-state index in [1.165, 1.54) is 6.92 Å². The molecule has 0 saturated heterocycles. The molecule has 0 saturated carbocycles. The third-order valence-corrected chi connectivity index (χ3v) is 9.49. The fourth-order valence-electron chi connectivity index (χ4n) is 7.11. The van der Waals surface area contributed by atoms with E-state index in [0.29, 0.717) is 27.9 Å². The van der Waals surface area contributed by atoms with Crippen molar-refractivity contribution in [3.05, 3.63) is 157 Å². The molecule has 0 amide bonds. The SMILES string of the molecule is [2H]c1c([2H])c([2H])c(-c2nc(-c3ccc4c(c3)oc3c4ccc4c5ccc(-n6c7ccccc7c7ccccc76)cc5oc43)nc(-c3c([2H])c([2H])c(C)c([2H])c3[2H])n2)c([2H])c1[2H]. The summed E-state index contributed by atoms with van der Waals surface area (Å²) in [7, 11) is 0. The summed E-state index contributed by atoms with van der Waals surface area (Å²) < 4.78 is 91.9.